The Labute approximate surface area is 83.4 Å². The van der Waals surface area contributed by atoms with Crippen molar-refractivity contribution >= 4 is 11.6 Å². The molecule has 4 nitrogen and oxygen atoms in total. The molecule has 1 saturated heterocycles. The number of piperidine rings is 1. The smallest absolute Gasteiger partial charge is 0.149 e. The second-order valence-corrected chi connectivity index (χ2v) is 4.17. The van der Waals surface area contributed by atoms with Crippen molar-refractivity contribution in [2.45, 2.75) is 6.42 Å². The summed E-state index contributed by atoms with van der Waals surface area (Å²) in [5.74, 6) is 3.75. The van der Waals surface area contributed by atoms with Crippen LogP contribution in [0.25, 0.3) is 0 Å². The largest absolute Gasteiger partial charge is 0.372 e. The Kier molecular flexibility index (Phi) is 1.63. The lowest BCUT2D eigenvalue weighted by atomic mass is 10.4. The van der Waals surface area contributed by atoms with Gasteiger partial charge in [0.15, 0.2) is 0 Å². The fraction of sp³-hybridized carbons (Fsp3) is 0.600. The lowest BCUT2D eigenvalue weighted by Gasteiger charge is -2.18. The zero-order valence-corrected chi connectivity index (χ0v) is 8.27. The summed E-state index contributed by atoms with van der Waals surface area (Å²) in [5, 5.41) is 3.01. The van der Waals surface area contributed by atoms with Crippen molar-refractivity contribution in [2.24, 2.45) is 11.8 Å². The Morgan fingerprint density at radius 2 is 2.14 bits per heavy atom. The number of aromatic nitrogens is 2. The summed E-state index contributed by atoms with van der Waals surface area (Å²) in [6.45, 7) is 2.35. The number of nitrogens with one attached hydrogen (secondary N) is 1. The number of hydrogen-bond acceptors (Lipinski definition) is 4. The molecule has 2 aliphatic rings. The van der Waals surface area contributed by atoms with E-state index in [0.29, 0.717) is 0 Å². The number of anilines is 2. The van der Waals surface area contributed by atoms with Crippen molar-refractivity contribution in [2.75, 3.05) is 30.4 Å². The van der Waals surface area contributed by atoms with E-state index in [2.05, 4.69) is 20.2 Å². The third-order valence-electron chi connectivity index (χ3n) is 3.18. The van der Waals surface area contributed by atoms with Crippen molar-refractivity contribution in [1.29, 1.82) is 0 Å². The van der Waals surface area contributed by atoms with Crippen LogP contribution in [0, 0.1) is 11.8 Å². The van der Waals surface area contributed by atoms with Gasteiger partial charge in [-0.05, 0) is 18.3 Å². The molecule has 0 bridgehead atoms. The van der Waals surface area contributed by atoms with Crippen molar-refractivity contribution in [3.8, 4) is 0 Å². The van der Waals surface area contributed by atoms with Gasteiger partial charge in [-0.3, -0.25) is 4.98 Å². The highest BCUT2D eigenvalue weighted by molar-refractivity contribution is 5.45. The zero-order chi connectivity index (χ0) is 9.54. The fourth-order valence-corrected chi connectivity index (χ4v) is 2.21. The molecule has 1 N–H and O–H groups in total. The summed E-state index contributed by atoms with van der Waals surface area (Å²) in [6.07, 6.45) is 5.03. The maximum atomic E-state index is 4.48. The molecule has 1 aromatic rings. The molecule has 3 rings (SSSR count). The highest BCUT2D eigenvalue weighted by atomic mass is 15.2. The first-order valence-corrected chi connectivity index (χ1v) is 5.11. The van der Waals surface area contributed by atoms with Gasteiger partial charge in [0.25, 0.3) is 0 Å². The van der Waals surface area contributed by atoms with Crippen LogP contribution in [-0.4, -0.2) is 30.1 Å². The first kappa shape index (κ1) is 8.03. The second-order valence-electron chi connectivity index (χ2n) is 4.17. The quantitative estimate of drug-likeness (QED) is 0.754. The molecule has 0 aromatic carbocycles. The van der Waals surface area contributed by atoms with Crippen LogP contribution in [0.5, 0.6) is 0 Å². The van der Waals surface area contributed by atoms with Crippen molar-refractivity contribution in [3.05, 3.63) is 12.4 Å². The predicted molar refractivity (Wildman–Crippen MR) is 55.4 cm³/mol. The predicted octanol–water partition coefficient (Wildman–Crippen LogP) is 0.974. The molecule has 1 aliphatic heterocycles. The molecule has 2 heterocycles. The maximum Gasteiger partial charge on any atom is 0.149 e. The number of rotatable bonds is 2. The van der Waals surface area contributed by atoms with Crippen LogP contribution in [0.15, 0.2) is 12.4 Å². The Morgan fingerprint density at radius 1 is 1.36 bits per heavy atom. The number of hydrogen-bond donors (Lipinski definition) is 1. The van der Waals surface area contributed by atoms with Gasteiger partial charge in [-0.15, -0.1) is 0 Å². The molecule has 0 amide bonds. The van der Waals surface area contributed by atoms with E-state index in [1.54, 1.807) is 6.20 Å². The van der Waals surface area contributed by atoms with Crippen LogP contribution >= 0.6 is 0 Å². The molecule has 1 saturated carbocycles. The van der Waals surface area contributed by atoms with E-state index in [-0.39, 0.29) is 0 Å². The molecule has 0 spiro atoms. The Hall–Kier alpha value is -1.32. The van der Waals surface area contributed by atoms with E-state index < -0.39 is 0 Å². The zero-order valence-electron chi connectivity index (χ0n) is 8.27. The van der Waals surface area contributed by atoms with E-state index in [1.807, 2.05) is 13.2 Å². The van der Waals surface area contributed by atoms with Crippen LogP contribution in [-0.2, 0) is 0 Å². The van der Waals surface area contributed by atoms with Gasteiger partial charge in [-0.25, -0.2) is 4.98 Å². The number of nitrogens with zero attached hydrogens (tertiary/aromatic N) is 3. The van der Waals surface area contributed by atoms with Gasteiger partial charge < -0.3 is 10.2 Å². The van der Waals surface area contributed by atoms with Gasteiger partial charge in [-0.1, -0.05) is 0 Å². The molecule has 2 fully saturated rings. The van der Waals surface area contributed by atoms with E-state index in [9.17, 15) is 0 Å². The maximum absolute atomic E-state index is 4.48. The standard InChI is InChI=1S/C10H14N4/c1-11-9-3-12-4-10(13-9)14-5-7-2-8(7)6-14/h3-4,7-8H,2,5-6H2,1H3,(H,11,13). The average molecular weight is 190 g/mol. The first-order chi connectivity index (χ1) is 6.86. The topological polar surface area (TPSA) is 41.1 Å². The lowest BCUT2D eigenvalue weighted by molar-refractivity contribution is 0.802. The molecule has 1 aliphatic carbocycles. The molecule has 2 atom stereocenters. The Balaban J connectivity index is 1.81. The summed E-state index contributed by atoms with van der Waals surface area (Å²) in [4.78, 5) is 11.0. The minimum absolute atomic E-state index is 0.850. The van der Waals surface area contributed by atoms with Crippen LogP contribution in [0.2, 0.25) is 0 Å². The monoisotopic (exact) mass is 190 g/mol. The van der Waals surface area contributed by atoms with E-state index >= 15 is 0 Å². The van der Waals surface area contributed by atoms with Gasteiger partial charge >= 0.3 is 0 Å². The van der Waals surface area contributed by atoms with Gasteiger partial charge in [0.2, 0.25) is 0 Å². The molecule has 2 unspecified atom stereocenters. The Bertz CT molecular complexity index is 342. The van der Waals surface area contributed by atoms with Gasteiger partial charge in [0.1, 0.15) is 11.6 Å². The summed E-state index contributed by atoms with van der Waals surface area (Å²) in [6, 6.07) is 0. The highest BCUT2D eigenvalue weighted by Crippen LogP contribution is 2.45. The molecule has 14 heavy (non-hydrogen) atoms. The molecule has 1 aromatic heterocycles. The van der Waals surface area contributed by atoms with Crippen LogP contribution in [0.1, 0.15) is 6.42 Å². The fourth-order valence-electron chi connectivity index (χ4n) is 2.21. The van der Waals surface area contributed by atoms with E-state index in [1.165, 1.54) is 19.5 Å². The van der Waals surface area contributed by atoms with Crippen molar-refractivity contribution in [3.63, 3.8) is 0 Å². The van der Waals surface area contributed by atoms with Gasteiger partial charge in [0, 0.05) is 20.1 Å². The molecular weight excluding hydrogens is 176 g/mol. The average Bonchev–Trinajstić information content (AvgIpc) is 2.86. The Morgan fingerprint density at radius 3 is 2.86 bits per heavy atom. The third-order valence-corrected chi connectivity index (χ3v) is 3.18. The first-order valence-electron chi connectivity index (χ1n) is 5.11. The SMILES string of the molecule is CNc1cncc(N2CC3CC3C2)n1. The van der Waals surface area contributed by atoms with Gasteiger partial charge in [0.05, 0.1) is 12.4 Å². The lowest BCUT2D eigenvalue weighted by Crippen LogP contribution is -2.23. The van der Waals surface area contributed by atoms with Gasteiger partial charge in [-0.2, -0.15) is 0 Å². The minimum Gasteiger partial charge on any atom is -0.372 e. The molecule has 0 radical (unpaired) electrons. The molecular formula is C10H14N4. The van der Waals surface area contributed by atoms with E-state index in [4.69, 9.17) is 0 Å². The van der Waals surface area contributed by atoms with Crippen LogP contribution < -0.4 is 10.2 Å². The molecule has 74 valence electrons. The van der Waals surface area contributed by atoms with E-state index in [0.717, 1.165) is 23.5 Å². The normalized spacial score (nSPS) is 28.8. The van der Waals surface area contributed by atoms with Crippen molar-refractivity contribution < 1.29 is 0 Å². The summed E-state index contributed by atoms with van der Waals surface area (Å²) in [7, 11) is 1.87. The summed E-state index contributed by atoms with van der Waals surface area (Å²) >= 11 is 0. The highest BCUT2D eigenvalue weighted by Gasteiger charge is 2.45. The van der Waals surface area contributed by atoms with Crippen LogP contribution in [0.4, 0.5) is 11.6 Å². The second kappa shape index (κ2) is 2.83. The summed E-state index contributed by atoms with van der Waals surface area (Å²) < 4.78 is 0. The van der Waals surface area contributed by atoms with Crippen LogP contribution in [0.3, 0.4) is 0 Å². The third kappa shape index (κ3) is 1.22. The van der Waals surface area contributed by atoms with Crippen molar-refractivity contribution in [1.82, 2.24) is 9.97 Å². The summed E-state index contributed by atoms with van der Waals surface area (Å²) in [5.41, 5.74) is 0. The minimum atomic E-state index is 0.850. The number of fused-ring (bicyclic) bond motifs is 1. The molecule has 4 heteroatoms.